The molecular weight excluding hydrogens is 961 g/mol. The molecule has 9 heteroatoms. The van der Waals surface area contributed by atoms with Crippen molar-refractivity contribution in [1.82, 2.24) is 0 Å². The Labute approximate surface area is 459 Å². The molecule has 0 saturated heterocycles. The molecule has 0 N–H and O–H groups in total. The van der Waals surface area contributed by atoms with E-state index in [0.29, 0.717) is 35.8 Å². The molecule has 0 saturated carbocycles. The lowest BCUT2D eigenvalue weighted by atomic mass is 10.1. The Morgan fingerprint density at radius 2 is 0.680 bits per heavy atom. The van der Waals surface area contributed by atoms with Crippen LogP contribution in [0, 0.1) is 0 Å². The maximum absolute atomic E-state index is 13.6. The van der Waals surface area contributed by atoms with E-state index < -0.39 is 28.1 Å². The van der Waals surface area contributed by atoms with Gasteiger partial charge in [0.05, 0.1) is 24.3 Å². The van der Waals surface area contributed by atoms with Crippen LogP contribution in [0.5, 0.6) is 34.5 Å². The minimum Gasteiger partial charge on any atom is -0.494 e. The summed E-state index contributed by atoms with van der Waals surface area (Å²) >= 11 is 0. The Bertz CT molecular complexity index is 2010. The highest BCUT2D eigenvalue weighted by Crippen LogP contribution is 2.36. The highest BCUT2D eigenvalue weighted by atomic mass is 28.3. The van der Waals surface area contributed by atoms with Gasteiger partial charge >= 0.3 is 11.9 Å². The summed E-state index contributed by atoms with van der Waals surface area (Å²) in [5.74, 6) is 3.22. The zero-order chi connectivity index (χ0) is 54.0. The van der Waals surface area contributed by atoms with Gasteiger partial charge in [-0.2, -0.15) is 0 Å². The summed E-state index contributed by atoms with van der Waals surface area (Å²) in [6, 6.07) is 31.4. The number of esters is 2. The average Bonchev–Trinajstić information content (AvgIpc) is 3.40. The fraction of sp³-hybridized carbons (Fsp3) is 0.606. The van der Waals surface area contributed by atoms with E-state index in [4.69, 9.17) is 23.7 Å². The van der Waals surface area contributed by atoms with E-state index in [1.807, 2.05) is 60.7 Å². The van der Waals surface area contributed by atoms with Gasteiger partial charge in [0.25, 0.3) is 0 Å². The van der Waals surface area contributed by atoms with Gasteiger partial charge in [-0.1, -0.05) is 206 Å². The fourth-order valence-electron chi connectivity index (χ4n) is 9.90. The Morgan fingerprint density at radius 3 is 1.04 bits per heavy atom. The summed E-state index contributed by atoms with van der Waals surface area (Å²) < 4.78 is 31.0. The molecule has 0 aliphatic rings. The maximum atomic E-state index is 13.6. The van der Waals surface area contributed by atoms with Crippen LogP contribution in [0.15, 0.2) is 84.9 Å². The smallest absolute Gasteiger partial charge is 0.343 e. The third-order valence-electron chi connectivity index (χ3n) is 14.9. The Balaban J connectivity index is 1.47. The van der Waals surface area contributed by atoms with Gasteiger partial charge in [0.15, 0.2) is 0 Å². The molecule has 0 amide bonds. The molecule has 0 aliphatic carbocycles. The minimum atomic E-state index is -1.28. The Kier molecular flexibility index (Phi) is 30.9. The van der Waals surface area contributed by atoms with Crippen molar-refractivity contribution in [3.63, 3.8) is 0 Å². The van der Waals surface area contributed by atoms with E-state index in [-0.39, 0.29) is 0 Å². The van der Waals surface area contributed by atoms with Crippen LogP contribution >= 0.6 is 0 Å². The molecule has 0 radical (unpaired) electrons. The molecule has 0 bridgehead atoms. The molecule has 0 unspecified atom stereocenters. The zero-order valence-electron chi connectivity index (χ0n) is 48.6. The van der Waals surface area contributed by atoms with Crippen LogP contribution < -0.4 is 23.7 Å². The lowest BCUT2D eigenvalue weighted by molar-refractivity contribution is 0.0725. The van der Waals surface area contributed by atoms with Gasteiger partial charge in [-0.3, -0.25) is 0 Å². The number of ether oxygens (including phenoxy) is 5. The molecule has 4 rings (SSSR count). The number of carbonyl (C=O) groups is 2. The summed E-state index contributed by atoms with van der Waals surface area (Å²) in [6.07, 6.45) is 31.1. The molecule has 0 aliphatic heterocycles. The number of hydrogen-bond acceptors (Lipinski definition) is 7. The predicted molar refractivity (Wildman–Crippen MR) is 322 cm³/mol. The van der Waals surface area contributed by atoms with Gasteiger partial charge in [0.1, 0.15) is 34.5 Å². The van der Waals surface area contributed by atoms with Crippen molar-refractivity contribution in [3.05, 3.63) is 107 Å². The fourth-order valence-corrected chi connectivity index (χ4v) is 15.4. The molecule has 7 nitrogen and oxygen atoms in total. The van der Waals surface area contributed by atoms with E-state index in [2.05, 4.69) is 53.9 Å². The molecule has 4 aromatic rings. The van der Waals surface area contributed by atoms with Crippen molar-refractivity contribution in [2.45, 2.75) is 245 Å². The lowest BCUT2D eigenvalue weighted by Crippen LogP contribution is -2.24. The van der Waals surface area contributed by atoms with Crippen molar-refractivity contribution in [2.24, 2.45) is 0 Å². The van der Waals surface area contributed by atoms with Crippen molar-refractivity contribution in [1.29, 1.82) is 0 Å². The van der Waals surface area contributed by atoms with Gasteiger partial charge in [0, 0.05) is 16.1 Å². The number of rotatable bonds is 42. The van der Waals surface area contributed by atoms with Gasteiger partial charge in [-0.05, 0) is 135 Å². The van der Waals surface area contributed by atoms with E-state index in [1.165, 1.54) is 140 Å². The Hall–Kier alpha value is -4.35. The summed E-state index contributed by atoms with van der Waals surface area (Å²) in [7, 11) is -2.55. The first-order valence-corrected chi connectivity index (χ1v) is 37.0. The van der Waals surface area contributed by atoms with Crippen LogP contribution in [0.4, 0.5) is 0 Å². The van der Waals surface area contributed by atoms with E-state index in [0.717, 1.165) is 85.5 Å². The van der Waals surface area contributed by atoms with E-state index >= 15 is 0 Å². The van der Waals surface area contributed by atoms with Crippen molar-refractivity contribution in [3.8, 4) is 34.5 Å². The summed E-state index contributed by atoms with van der Waals surface area (Å²) in [5, 5.41) is 0. The van der Waals surface area contributed by atoms with Crippen molar-refractivity contribution >= 4 is 28.1 Å². The monoisotopic (exact) mass is 1060 g/mol. The topological polar surface area (TPSA) is 80.3 Å². The molecule has 0 fully saturated rings. The average molecular weight is 1060 g/mol. The second-order valence-electron chi connectivity index (χ2n) is 23.1. The maximum Gasteiger partial charge on any atom is 0.343 e. The molecule has 75 heavy (non-hydrogen) atoms. The van der Waals surface area contributed by atoms with Crippen molar-refractivity contribution in [2.75, 3.05) is 13.2 Å². The highest BCUT2D eigenvalue weighted by Gasteiger charge is 2.22. The molecule has 0 spiro atoms. The lowest BCUT2D eigenvalue weighted by Gasteiger charge is -2.22. The molecule has 0 aromatic heterocycles. The van der Waals surface area contributed by atoms with Crippen LogP contribution in [0.2, 0.25) is 50.4 Å². The predicted octanol–water partition coefficient (Wildman–Crippen LogP) is 20.6. The van der Waals surface area contributed by atoms with Gasteiger partial charge in [-0.15, -0.1) is 0 Å². The second-order valence-corrected chi connectivity index (χ2v) is 33.7. The van der Waals surface area contributed by atoms with Crippen LogP contribution in [-0.2, 0) is 12.8 Å². The first-order valence-electron chi connectivity index (χ1n) is 30.2. The van der Waals surface area contributed by atoms with Gasteiger partial charge in [0.2, 0.25) is 0 Å². The number of hydrogen-bond donors (Lipinski definition) is 0. The van der Waals surface area contributed by atoms with Crippen LogP contribution in [0.25, 0.3) is 0 Å². The quantitative estimate of drug-likeness (QED) is 0.0189. The number of carbonyl (C=O) groups excluding carboxylic acids is 2. The SMILES string of the molecule is CCCCCCCCCCOc1ccc(C(=O)Oc2ccc(Oc3ccc(OC(=O)c4ccc(OCCCCCCCCCC)cc4)cc3CCCC[Si](C)(C)CCCC)c(CCCC[Si](C)(C)CCCC)c2)cc1. The van der Waals surface area contributed by atoms with Crippen LogP contribution in [-0.4, -0.2) is 41.3 Å². The number of benzene rings is 4. The van der Waals surface area contributed by atoms with Gasteiger partial charge < -0.3 is 23.7 Å². The number of aryl methyl sites for hydroxylation is 2. The minimum absolute atomic E-state index is 0.403. The normalized spacial score (nSPS) is 11.7. The highest BCUT2D eigenvalue weighted by molar-refractivity contribution is 6.77. The third-order valence-corrected chi connectivity index (χ3v) is 21.8. The number of unbranched alkanes of at least 4 members (excludes halogenated alkanes) is 18. The third kappa shape index (κ3) is 26.5. The molecular formula is C66H102O7Si2. The molecule has 4 aromatic carbocycles. The standard InChI is InChI=1S/C66H102O7Si2/c1-9-13-17-19-21-23-25-29-47-69-59-39-35-55(36-40-59)65(67)71-61-43-45-63(57(53-61)33-27-31-51-74(5,6)49-15-11-3)73-64-46-44-62(54-58(64)34-28-32-52-75(7,8)50-16-12-4)72-66(68)56-37-41-60(42-38-56)70-48-30-26-24-22-20-18-14-10-2/h35-46,53-54H,9-34,47-52H2,1-8H3. The molecule has 0 heterocycles. The van der Waals surface area contributed by atoms with E-state index in [1.54, 1.807) is 24.3 Å². The van der Waals surface area contributed by atoms with E-state index in [9.17, 15) is 9.59 Å². The summed E-state index contributed by atoms with van der Waals surface area (Å²) in [4.78, 5) is 27.1. The van der Waals surface area contributed by atoms with Gasteiger partial charge in [-0.25, -0.2) is 9.59 Å². The first-order chi connectivity index (χ1) is 36.3. The first kappa shape index (κ1) is 63.2. The summed E-state index contributed by atoms with van der Waals surface area (Å²) in [5.41, 5.74) is 2.97. The Morgan fingerprint density at radius 1 is 0.360 bits per heavy atom. The largest absolute Gasteiger partial charge is 0.494 e. The van der Waals surface area contributed by atoms with Crippen molar-refractivity contribution < 1.29 is 33.3 Å². The van der Waals surface area contributed by atoms with Crippen LogP contribution in [0.3, 0.4) is 0 Å². The second kappa shape index (κ2) is 36.6. The molecule has 416 valence electrons. The molecule has 0 atom stereocenters. The van der Waals surface area contributed by atoms with Crippen LogP contribution in [0.1, 0.15) is 214 Å². The summed E-state index contributed by atoms with van der Waals surface area (Å²) in [6.45, 7) is 20.5. The zero-order valence-corrected chi connectivity index (χ0v) is 50.6.